The molecule has 0 aliphatic carbocycles. The number of aromatic nitrogens is 1. The third-order valence-electron chi connectivity index (χ3n) is 2.66. The van der Waals surface area contributed by atoms with Gasteiger partial charge in [-0.1, -0.05) is 6.07 Å². The number of likely N-dealkylation sites (tertiary alicyclic amines) is 1. The number of rotatable bonds is 2. The Balaban J connectivity index is 2.05. The second-order valence-electron chi connectivity index (χ2n) is 3.75. The van der Waals surface area contributed by atoms with E-state index in [9.17, 15) is 9.59 Å². The molecule has 4 heteroatoms. The fourth-order valence-corrected chi connectivity index (χ4v) is 1.80. The number of pyridine rings is 1. The van der Waals surface area contributed by atoms with E-state index in [1.165, 1.54) is 10.6 Å². The van der Waals surface area contributed by atoms with Gasteiger partial charge >= 0.3 is 0 Å². The maximum atomic E-state index is 11.7. The Kier molecular flexibility index (Phi) is 2.85. The van der Waals surface area contributed by atoms with Crippen molar-refractivity contribution in [1.82, 2.24) is 9.47 Å². The summed E-state index contributed by atoms with van der Waals surface area (Å²) in [6.45, 7) is 1.83. The Morgan fingerprint density at radius 1 is 1.27 bits per heavy atom. The number of nitrogens with zero attached hydrogens (tertiary/aromatic N) is 2. The smallest absolute Gasteiger partial charge is 0.250 e. The standard InChI is InChI=1S/C11H14N2O2/c14-10-5-1-2-8-13(10)9-11(15)12-6-3-4-7-12/h1-2,5,8H,3-4,6-7,9H2. The summed E-state index contributed by atoms with van der Waals surface area (Å²) < 4.78 is 1.45. The van der Waals surface area contributed by atoms with Crippen molar-refractivity contribution in [2.45, 2.75) is 19.4 Å². The largest absolute Gasteiger partial charge is 0.341 e. The van der Waals surface area contributed by atoms with Gasteiger partial charge in [-0.2, -0.15) is 0 Å². The Morgan fingerprint density at radius 3 is 2.67 bits per heavy atom. The fraction of sp³-hybridized carbons (Fsp3) is 0.455. The zero-order chi connectivity index (χ0) is 10.7. The van der Waals surface area contributed by atoms with Crippen LogP contribution in [-0.4, -0.2) is 28.5 Å². The highest BCUT2D eigenvalue weighted by atomic mass is 16.2. The average molecular weight is 206 g/mol. The van der Waals surface area contributed by atoms with Gasteiger partial charge in [0, 0.05) is 25.4 Å². The first kappa shape index (κ1) is 9.96. The van der Waals surface area contributed by atoms with Gasteiger partial charge in [-0.15, -0.1) is 0 Å². The minimum absolute atomic E-state index is 0.0424. The third-order valence-corrected chi connectivity index (χ3v) is 2.66. The van der Waals surface area contributed by atoms with Crippen LogP contribution >= 0.6 is 0 Å². The van der Waals surface area contributed by atoms with E-state index in [4.69, 9.17) is 0 Å². The van der Waals surface area contributed by atoms with E-state index in [1.54, 1.807) is 18.3 Å². The maximum absolute atomic E-state index is 11.7. The van der Waals surface area contributed by atoms with E-state index in [-0.39, 0.29) is 18.0 Å². The number of amides is 1. The molecule has 0 saturated carbocycles. The van der Waals surface area contributed by atoms with Gasteiger partial charge in [-0.25, -0.2) is 0 Å². The first-order valence-corrected chi connectivity index (χ1v) is 5.20. The van der Waals surface area contributed by atoms with Crippen molar-refractivity contribution in [1.29, 1.82) is 0 Å². The van der Waals surface area contributed by atoms with Crippen LogP contribution in [0.15, 0.2) is 29.2 Å². The zero-order valence-electron chi connectivity index (χ0n) is 8.56. The summed E-state index contributed by atoms with van der Waals surface area (Å²) in [7, 11) is 0. The SMILES string of the molecule is O=C(Cn1ccccc1=O)N1CCCC1. The molecule has 0 atom stereocenters. The third kappa shape index (κ3) is 2.26. The summed E-state index contributed by atoms with van der Waals surface area (Å²) in [5.74, 6) is 0.0424. The predicted molar refractivity (Wildman–Crippen MR) is 56.5 cm³/mol. The van der Waals surface area contributed by atoms with Gasteiger partial charge in [0.2, 0.25) is 5.91 Å². The van der Waals surface area contributed by atoms with Crippen LogP contribution in [0.5, 0.6) is 0 Å². The van der Waals surface area contributed by atoms with Crippen LogP contribution in [0.1, 0.15) is 12.8 Å². The van der Waals surface area contributed by atoms with E-state index in [1.807, 2.05) is 4.90 Å². The molecule has 2 rings (SSSR count). The first-order valence-electron chi connectivity index (χ1n) is 5.20. The molecule has 1 aliphatic heterocycles. The minimum atomic E-state index is -0.120. The van der Waals surface area contributed by atoms with Crippen LogP contribution in [0.4, 0.5) is 0 Å². The van der Waals surface area contributed by atoms with Crippen LogP contribution in [0.25, 0.3) is 0 Å². The topological polar surface area (TPSA) is 42.3 Å². The molecule has 2 heterocycles. The van der Waals surface area contributed by atoms with E-state index in [2.05, 4.69) is 0 Å². The molecule has 0 aromatic carbocycles. The molecule has 0 N–H and O–H groups in total. The highest BCUT2D eigenvalue weighted by molar-refractivity contribution is 5.76. The first-order chi connectivity index (χ1) is 7.27. The van der Waals surface area contributed by atoms with Crippen molar-refractivity contribution in [3.8, 4) is 0 Å². The van der Waals surface area contributed by atoms with Crippen LogP contribution in [0.3, 0.4) is 0 Å². The lowest BCUT2D eigenvalue weighted by Crippen LogP contribution is -2.34. The lowest BCUT2D eigenvalue weighted by molar-refractivity contribution is -0.130. The summed E-state index contributed by atoms with van der Waals surface area (Å²) in [6.07, 6.45) is 3.81. The lowest BCUT2D eigenvalue weighted by Gasteiger charge is -2.15. The highest BCUT2D eigenvalue weighted by Gasteiger charge is 2.17. The molecule has 0 spiro atoms. The number of hydrogen-bond acceptors (Lipinski definition) is 2. The van der Waals surface area contributed by atoms with Gasteiger partial charge in [0.05, 0.1) is 0 Å². The summed E-state index contributed by atoms with van der Waals surface area (Å²) in [5, 5.41) is 0. The lowest BCUT2D eigenvalue weighted by atomic mass is 10.4. The average Bonchev–Trinajstić information content (AvgIpc) is 2.74. The fourth-order valence-electron chi connectivity index (χ4n) is 1.80. The van der Waals surface area contributed by atoms with Crippen molar-refractivity contribution in [2.24, 2.45) is 0 Å². The predicted octanol–water partition coefficient (Wildman–Crippen LogP) is 0.471. The highest BCUT2D eigenvalue weighted by Crippen LogP contribution is 2.07. The van der Waals surface area contributed by atoms with Crippen LogP contribution in [0, 0.1) is 0 Å². The molecule has 0 bridgehead atoms. The van der Waals surface area contributed by atoms with Crippen LogP contribution < -0.4 is 5.56 Å². The number of hydrogen-bond donors (Lipinski definition) is 0. The van der Waals surface area contributed by atoms with Crippen molar-refractivity contribution in [3.63, 3.8) is 0 Å². The zero-order valence-corrected chi connectivity index (χ0v) is 8.56. The van der Waals surface area contributed by atoms with Gasteiger partial charge in [-0.3, -0.25) is 9.59 Å². The molecule has 1 aromatic heterocycles. The molecule has 1 aliphatic rings. The molecule has 80 valence electrons. The Hall–Kier alpha value is -1.58. The van der Waals surface area contributed by atoms with Gasteiger partial charge in [0.1, 0.15) is 6.54 Å². The van der Waals surface area contributed by atoms with Crippen molar-refractivity contribution < 1.29 is 4.79 Å². The molecule has 1 fully saturated rings. The Labute approximate surface area is 88.1 Å². The molecule has 4 nitrogen and oxygen atoms in total. The number of carbonyl (C=O) groups is 1. The van der Waals surface area contributed by atoms with Crippen molar-refractivity contribution in [2.75, 3.05) is 13.1 Å². The molecule has 0 unspecified atom stereocenters. The summed E-state index contributed by atoms with van der Waals surface area (Å²) in [4.78, 5) is 24.9. The van der Waals surface area contributed by atoms with Gasteiger partial charge < -0.3 is 9.47 Å². The molecule has 1 aromatic rings. The monoisotopic (exact) mass is 206 g/mol. The molecular weight excluding hydrogens is 192 g/mol. The van der Waals surface area contributed by atoms with E-state index < -0.39 is 0 Å². The second kappa shape index (κ2) is 4.29. The molecule has 0 radical (unpaired) electrons. The summed E-state index contributed by atoms with van der Waals surface area (Å²) in [5.41, 5.74) is -0.120. The minimum Gasteiger partial charge on any atom is -0.341 e. The van der Waals surface area contributed by atoms with Crippen LogP contribution in [-0.2, 0) is 11.3 Å². The maximum Gasteiger partial charge on any atom is 0.250 e. The molecule has 1 amide bonds. The molecule has 1 saturated heterocycles. The van der Waals surface area contributed by atoms with E-state index in [0.717, 1.165) is 25.9 Å². The molecular formula is C11H14N2O2. The van der Waals surface area contributed by atoms with Crippen LogP contribution in [0.2, 0.25) is 0 Å². The van der Waals surface area contributed by atoms with E-state index in [0.29, 0.717) is 0 Å². The normalized spacial score (nSPS) is 15.6. The van der Waals surface area contributed by atoms with Gasteiger partial charge in [0.25, 0.3) is 5.56 Å². The van der Waals surface area contributed by atoms with Crippen molar-refractivity contribution >= 4 is 5.91 Å². The van der Waals surface area contributed by atoms with E-state index >= 15 is 0 Å². The summed E-state index contributed by atoms with van der Waals surface area (Å²) in [6, 6.07) is 4.91. The van der Waals surface area contributed by atoms with Gasteiger partial charge in [-0.05, 0) is 18.9 Å². The quantitative estimate of drug-likeness (QED) is 0.706. The summed E-state index contributed by atoms with van der Waals surface area (Å²) >= 11 is 0. The molecule has 15 heavy (non-hydrogen) atoms. The number of carbonyl (C=O) groups excluding carboxylic acids is 1. The Bertz CT molecular complexity index is 405. The van der Waals surface area contributed by atoms with Gasteiger partial charge in [0.15, 0.2) is 0 Å². The Morgan fingerprint density at radius 2 is 2.00 bits per heavy atom. The van der Waals surface area contributed by atoms with Crippen molar-refractivity contribution in [3.05, 3.63) is 34.7 Å². The second-order valence-corrected chi connectivity index (χ2v) is 3.75.